The summed E-state index contributed by atoms with van der Waals surface area (Å²) in [6.07, 6.45) is -10.6. The van der Waals surface area contributed by atoms with E-state index in [-0.39, 0.29) is 36.7 Å². The number of sulfone groups is 1. The van der Waals surface area contributed by atoms with Crippen LogP contribution in [0, 0.1) is 5.92 Å². The summed E-state index contributed by atoms with van der Waals surface area (Å²) in [5, 5.41) is 0. The molecule has 2 amide bonds. The van der Waals surface area contributed by atoms with E-state index in [0.717, 1.165) is 0 Å². The number of hydrogen-bond donors (Lipinski definition) is 2. The summed E-state index contributed by atoms with van der Waals surface area (Å²) in [4.78, 5) is 38.6. The van der Waals surface area contributed by atoms with Gasteiger partial charge in [0.15, 0.2) is 9.84 Å². The van der Waals surface area contributed by atoms with Gasteiger partial charge in [-0.15, -0.1) is 0 Å². The maximum atomic E-state index is 14.4. The van der Waals surface area contributed by atoms with Crippen LogP contribution in [0.2, 0.25) is 0 Å². The van der Waals surface area contributed by atoms with Crippen molar-refractivity contribution in [1.29, 1.82) is 0 Å². The molecule has 16 heteroatoms. The van der Waals surface area contributed by atoms with E-state index in [4.69, 9.17) is 11.5 Å². The van der Waals surface area contributed by atoms with Crippen molar-refractivity contribution in [3.63, 3.8) is 0 Å². The Kier molecular flexibility index (Phi) is 8.84. The van der Waals surface area contributed by atoms with Gasteiger partial charge >= 0.3 is 18.3 Å². The number of carbonyl (C=O) groups is 3. The molecule has 9 nitrogen and oxygen atoms in total. The third-order valence-electron chi connectivity index (χ3n) is 7.70. The van der Waals surface area contributed by atoms with Gasteiger partial charge < -0.3 is 21.1 Å². The first-order valence-corrected chi connectivity index (χ1v) is 14.7. The highest BCUT2D eigenvalue weighted by Crippen LogP contribution is 2.47. The van der Waals surface area contributed by atoms with Crippen LogP contribution >= 0.6 is 0 Å². The predicted molar refractivity (Wildman–Crippen MR) is 138 cm³/mol. The Morgan fingerprint density at radius 3 is 2.21 bits per heavy atom. The van der Waals surface area contributed by atoms with Crippen molar-refractivity contribution in [3.8, 4) is 5.75 Å². The average Bonchev–Trinajstić information content (AvgIpc) is 3.28. The predicted octanol–water partition coefficient (Wildman–Crippen LogP) is 3.56. The number of ether oxygens (including phenoxy) is 1. The van der Waals surface area contributed by atoms with Crippen LogP contribution in [0.3, 0.4) is 0 Å². The van der Waals surface area contributed by atoms with E-state index in [1.807, 2.05) is 0 Å². The Morgan fingerprint density at radius 1 is 0.977 bits per heavy atom. The Morgan fingerprint density at radius 2 is 1.63 bits per heavy atom. The van der Waals surface area contributed by atoms with E-state index in [2.05, 4.69) is 4.74 Å². The van der Waals surface area contributed by atoms with Gasteiger partial charge in [-0.25, -0.2) is 13.2 Å². The van der Waals surface area contributed by atoms with Gasteiger partial charge in [-0.2, -0.15) is 26.3 Å². The lowest BCUT2D eigenvalue weighted by molar-refractivity contribution is -0.190. The van der Waals surface area contributed by atoms with Crippen LogP contribution < -0.4 is 16.2 Å². The lowest BCUT2D eigenvalue weighted by atomic mass is 9.82. The van der Waals surface area contributed by atoms with Crippen LogP contribution in [0.4, 0.5) is 26.3 Å². The SMILES string of the molecule is NC(=O)c1ccc(OC(=O)C(F)(F)F)c(C(F)(F)F)c1[C@@H]1CCN([C@H]2CC[C@@H](N)C[C@H]2CS(=O)(=O)c2ccccc2)C1=O. The fraction of sp³-hybridized carbons (Fsp3) is 0.444. The maximum absolute atomic E-state index is 14.4. The molecule has 0 aromatic heterocycles. The van der Waals surface area contributed by atoms with E-state index in [1.54, 1.807) is 18.2 Å². The Balaban J connectivity index is 1.73. The maximum Gasteiger partial charge on any atom is 0.491 e. The molecule has 4 rings (SSSR count). The van der Waals surface area contributed by atoms with Crippen molar-refractivity contribution in [3.05, 3.63) is 59.2 Å². The van der Waals surface area contributed by atoms with Crippen molar-refractivity contribution >= 4 is 27.6 Å². The molecule has 0 unspecified atom stereocenters. The molecule has 0 bridgehead atoms. The standard InChI is InChI=1S/C27H27F6N3O6S/c28-26(29,30)22-20(42-25(39)27(31,32)33)9-7-17(23(35)37)21(22)18-10-11-36(24(18)38)19-8-6-15(34)12-14(19)13-43(40,41)16-4-2-1-3-5-16/h1-5,7,9,14-15,18-19H,6,8,10-13,34H2,(H2,35,37)/t14-,15+,18-,19-/m0/s1. The second kappa shape index (κ2) is 11.8. The van der Waals surface area contributed by atoms with Crippen molar-refractivity contribution < 1.29 is 53.9 Å². The molecule has 234 valence electrons. The van der Waals surface area contributed by atoms with Gasteiger partial charge in [-0.05, 0) is 61.4 Å². The monoisotopic (exact) mass is 635 g/mol. The van der Waals surface area contributed by atoms with Gasteiger partial charge in [0.2, 0.25) is 11.8 Å². The van der Waals surface area contributed by atoms with Crippen molar-refractivity contribution in [1.82, 2.24) is 4.90 Å². The van der Waals surface area contributed by atoms with E-state index < -0.39 is 86.0 Å². The average molecular weight is 636 g/mol. The third-order valence-corrected chi connectivity index (χ3v) is 9.56. The van der Waals surface area contributed by atoms with Gasteiger partial charge in [0.05, 0.1) is 16.6 Å². The summed E-state index contributed by atoms with van der Waals surface area (Å²) in [5.74, 6) is -9.56. The quantitative estimate of drug-likeness (QED) is 0.268. The lowest BCUT2D eigenvalue weighted by Crippen LogP contribution is -2.49. The van der Waals surface area contributed by atoms with Gasteiger partial charge in [0.25, 0.3) is 0 Å². The van der Waals surface area contributed by atoms with E-state index in [9.17, 15) is 49.1 Å². The fourth-order valence-electron chi connectivity index (χ4n) is 5.89. The molecule has 1 aliphatic carbocycles. The Labute approximate surface area is 242 Å². The summed E-state index contributed by atoms with van der Waals surface area (Å²) in [6, 6.07) is 7.43. The number of halogens is 6. The molecule has 1 aliphatic heterocycles. The van der Waals surface area contributed by atoms with Crippen LogP contribution in [-0.4, -0.2) is 61.7 Å². The lowest BCUT2D eigenvalue weighted by Gasteiger charge is -2.40. The number of nitrogens with two attached hydrogens (primary N) is 2. The highest BCUT2D eigenvalue weighted by Gasteiger charge is 2.49. The highest BCUT2D eigenvalue weighted by molar-refractivity contribution is 7.91. The summed E-state index contributed by atoms with van der Waals surface area (Å²) < 4.78 is 112. The normalized spacial score (nSPS) is 23.3. The highest BCUT2D eigenvalue weighted by atomic mass is 32.2. The summed E-state index contributed by atoms with van der Waals surface area (Å²) in [5.41, 5.74) is 7.70. The number of hydrogen-bond acceptors (Lipinski definition) is 7. The van der Waals surface area contributed by atoms with Gasteiger partial charge in [-0.3, -0.25) is 9.59 Å². The molecule has 2 aromatic carbocycles. The van der Waals surface area contributed by atoms with Crippen LogP contribution in [0.25, 0.3) is 0 Å². The largest absolute Gasteiger partial charge is 0.491 e. The number of carbonyl (C=O) groups excluding carboxylic acids is 3. The Bertz CT molecular complexity index is 1510. The van der Waals surface area contributed by atoms with Crippen LogP contribution in [-0.2, 0) is 25.6 Å². The molecule has 4 atom stereocenters. The summed E-state index contributed by atoms with van der Waals surface area (Å²) in [6.45, 7) is -0.145. The van der Waals surface area contributed by atoms with Crippen molar-refractivity contribution in [2.24, 2.45) is 17.4 Å². The molecule has 2 aliphatic rings. The second-order valence-electron chi connectivity index (χ2n) is 10.5. The second-order valence-corrected chi connectivity index (χ2v) is 12.6. The number of likely N-dealkylation sites (tertiary alicyclic amines) is 1. The first-order chi connectivity index (χ1) is 19.9. The van der Waals surface area contributed by atoms with Gasteiger partial charge in [0.1, 0.15) is 11.3 Å². The van der Waals surface area contributed by atoms with Crippen molar-refractivity contribution in [2.45, 2.75) is 60.9 Å². The van der Waals surface area contributed by atoms with E-state index in [1.165, 1.54) is 17.0 Å². The molecule has 1 heterocycles. The zero-order valence-electron chi connectivity index (χ0n) is 22.3. The molecular formula is C27H27F6N3O6S. The summed E-state index contributed by atoms with van der Waals surface area (Å²) in [7, 11) is -3.85. The van der Waals surface area contributed by atoms with E-state index >= 15 is 0 Å². The van der Waals surface area contributed by atoms with Gasteiger partial charge in [-0.1, -0.05) is 18.2 Å². The fourth-order valence-corrected chi connectivity index (χ4v) is 7.58. The number of primary amides is 1. The molecule has 43 heavy (non-hydrogen) atoms. The van der Waals surface area contributed by atoms with Gasteiger partial charge in [0, 0.05) is 24.2 Å². The smallest absolute Gasteiger partial charge is 0.419 e. The molecule has 1 saturated carbocycles. The number of esters is 1. The minimum absolute atomic E-state index is 0.0460. The minimum Gasteiger partial charge on any atom is -0.419 e. The molecular weight excluding hydrogens is 608 g/mol. The molecule has 2 fully saturated rings. The summed E-state index contributed by atoms with van der Waals surface area (Å²) >= 11 is 0. The Hall–Kier alpha value is -3.66. The molecule has 0 spiro atoms. The first kappa shape index (κ1) is 32.3. The third kappa shape index (κ3) is 6.79. The van der Waals surface area contributed by atoms with Crippen LogP contribution in [0.1, 0.15) is 53.1 Å². The number of nitrogens with zero attached hydrogens (tertiary/aromatic N) is 1. The van der Waals surface area contributed by atoms with E-state index in [0.29, 0.717) is 18.6 Å². The number of benzene rings is 2. The zero-order valence-corrected chi connectivity index (χ0v) is 23.1. The minimum atomic E-state index is -5.64. The number of alkyl halides is 6. The zero-order chi connectivity index (χ0) is 31.9. The molecule has 0 radical (unpaired) electrons. The number of amides is 2. The molecule has 2 aromatic rings. The number of rotatable bonds is 7. The topological polar surface area (TPSA) is 150 Å². The first-order valence-electron chi connectivity index (χ1n) is 13.1. The molecule has 1 saturated heterocycles. The van der Waals surface area contributed by atoms with Crippen molar-refractivity contribution in [2.75, 3.05) is 12.3 Å². The van der Waals surface area contributed by atoms with Crippen LogP contribution in [0.5, 0.6) is 5.75 Å². The molecule has 4 N–H and O–H groups in total. The van der Waals surface area contributed by atoms with Crippen LogP contribution in [0.15, 0.2) is 47.4 Å².